The van der Waals surface area contributed by atoms with Crippen LogP contribution in [0.2, 0.25) is 0 Å². The van der Waals surface area contributed by atoms with E-state index in [2.05, 4.69) is 22.1 Å². The summed E-state index contributed by atoms with van der Waals surface area (Å²) in [6, 6.07) is 7.34. The lowest BCUT2D eigenvalue weighted by atomic mass is 9.74. The molecule has 1 aromatic carbocycles. The molecule has 0 saturated carbocycles. The third-order valence-electron chi connectivity index (χ3n) is 5.88. The minimum absolute atomic E-state index is 0.124. The highest BCUT2D eigenvalue weighted by Gasteiger charge is 2.34. The molecule has 5 nitrogen and oxygen atoms in total. The number of hydrogen-bond acceptors (Lipinski definition) is 3. The van der Waals surface area contributed by atoms with Gasteiger partial charge in [-0.05, 0) is 56.5 Å². The molecule has 2 aliphatic rings. The normalized spacial score (nSPS) is 23.9. The van der Waals surface area contributed by atoms with Crippen molar-refractivity contribution >= 4 is 5.96 Å². The topological polar surface area (TPSA) is 62.9 Å². The number of likely N-dealkylation sites (N-methyl/N-ethyl adjacent to an activating group) is 1. The number of hydrogen-bond donors (Lipinski definition) is 2. The molecule has 0 bridgehead atoms. The molecule has 3 N–H and O–H groups in total. The second kappa shape index (κ2) is 8.82. The van der Waals surface area contributed by atoms with Crippen molar-refractivity contribution in [2.24, 2.45) is 10.7 Å². The Hall–Kier alpha value is -1.66. The summed E-state index contributed by atoms with van der Waals surface area (Å²) >= 11 is 0. The van der Waals surface area contributed by atoms with Crippen molar-refractivity contribution in [3.63, 3.8) is 0 Å². The van der Waals surface area contributed by atoms with Gasteiger partial charge in [-0.1, -0.05) is 19.1 Å². The Morgan fingerprint density at radius 3 is 2.77 bits per heavy atom. The highest BCUT2D eigenvalue weighted by atomic mass is 19.1. The third-order valence-corrected chi connectivity index (χ3v) is 5.88. The highest BCUT2D eigenvalue weighted by molar-refractivity contribution is 5.77. The lowest BCUT2D eigenvalue weighted by Crippen LogP contribution is -2.44. The van der Waals surface area contributed by atoms with Crippen molar-refractivity contribution in [2.45, 2.75) is 44.1 Å². The van der Waals surface area contributed by atoms with E-state index in [0.717, 1.165) is 31.5 Å². The summed E-state index contributed by atoms with van der Waals surface area (Å²) in [5, 5.41) is 3.30. The van der Waals surface area contributed by atoms with Crippen LogP contribution in [0.4, 0.5) is 4.39 Å². The van der Waals surface area contributed by atoms with Crippen LogP contribution in [0.1, 0.15) is 38.2 Å². The Kier molecular flexibility index (Phi) is 6.48. The average molecular weight is 362 g/mol. The minimum Gasteiger partial charge on any atom is -0.381 e. The third kappa shape index (κ3) is 4.54. The molecule has 2 fully saturated rings. The van der Waals surface area contributed by atoms with Crippen LogP contribution in [-0.2, 0) is 10.2 Å². The molecule has 2 heterocycles. The first-order chi connectivity index (χ1) is 12.6. The fourth-order valence-electron chi connectivity index (χ4n) is 4.16. The van der Waals surface area contributed by atoms with E-state index >= 15 is 0 Å². The Labute approximate surface area is 155 Å². The maximum atomic E-state index is 13.3. The minimum atomic E-state index is -0.210. The number of aliphatic imine (C=N–C) groups is 1. The number of nitrogens with one attached hydrogen (secondary N) is 1. The van der Waals surface area contributed by atoms with Gasteiger partial charge in [0.1, 0.15) is 5.82 Å². The van der Waals surface area contributed by atoms with Gasteiger partial charge in [-0.15, -0.1) is 0 Å². The van der Waals surface area contributed by atoms with Gasteiger partial charge >= 0.3 is 0 Å². The van der Waals surface area contributed by atoms with Crippen molar-refractivity contribution in [2.75, 3.05) is 39.4 Å². The molecule has 2 saturated heterocycles. The summed E-state index contributed by atoms with van der Waals surface area (Å²) in [5.41, 5.74) is 7.14. The number of likely N-dealkylation sites (tertiary alicyclic amines) is 1. The number of nitrogens with zero attached hydrogens (tertiary/aromatic N) is 2. The van der Waals surface area contributed by atoms with Crippen molar-refractivity contribution in [1.82, 2.24) is 10.2 Å². The smallest absolute Gasteiger partial charge is 0.188 e. The summed E-state index contributed by atoms with van der Waals surface area (Å²) in [7, 11) is 0. The number of halogens is 1. The molecule has 3 rings (SSSR count). The highest BCUT2D eigenvalue weighted by Crippen LogP contribution is 2.35. The molecular formula is C20H31FN4O. The quantitative estimate of drug-likeness (QED) is 0.602. The summed E-state index contributed by atoms with van der Waals surface area (Å²) < 4.78 is 18.9. The van der Waals surface area contributed by atoms with Crippen LogP contribution in [0.5, 0.6) is 0 Å². The fraction of sp³-hybridized carbons (Fsp3) is 0.650. The van der Waals surface area contributed by atoms with E-state index in [-0.39, 0.29) is 11.2 Å². The van der Waals surface area contributed by atoms with Gasteiger partial charge in [-0.2, -0.15) is 0 Å². The van der Waals surface area contributed by atoms with Crippen LogP contribution in [0.25, 0.3) is 0 Å². The first-order valence-corrected chi connectivity index (χ1v) is 9.74. The number of benzene rings is 1. The predicted octanol–water partition coefficient (Wildman–Crippen LogP) is 2.26. The monoisotopic (exact) mass is 362 g/mol. The number of guanidine groups is 1. The maximum absolute atomic E-state index is 13.3. The Morgan fingerprint density at radius 2 is 2.08 bits per heavy atom. The van der Waals surface area contributed by atoms with Crippen LogP contribution in [0.3, 0.4) is 0 Å². The summed E-state index contributed by atoms with van der Waals surface area (Å²) in [4.78, 5) is 7.13. The molecule has 1 aromatic rings. The largest absolute Gasteiger partial charge is 0.381 e. The number of ether oxygens (including phenoxy) is 1. The molecule has 6 heteroatoms. The first kappa shape index (κ1) is 19.1. The zero-order valence-corrected chi connectivity index (χ0v) is 15.7. The zero-order chi connectivity index (χ0) is 18.4. The lowest BCUT2D eigenvalue weighted by Gasteiger charge is -2.36. The Bertz CT molecular complexity index is 598. The van der Waals surface area contributed by atoms with Gasteiger partial charge in [0.05, 0.1) is 6.54 Å². The van der Waals surface area contributed by atoms with Gasteiger partial charge < -0.3 is 15.8 Å². The van der Waals surface area contributed by atoms with Crippen molar-refractivity contribution in [3.05, 3.63) is 35.6 Å². The van der Waals surface area contributed by atoms with Crippen molar-refractivity contribution < 1.29 is 9.13 Å². The number of nitrogens with two attached hydrogens (primary N) is 1. The molecule has 144 valence electrons. The Morgan fingerprint density at radius 1 is 1.35 bits per heavy atom. The molecule has 26 heavy (non-hydrogen) atoms. The molecular weight excluding hydrogens is 331 g/mol. The van der Waals surface area contributed by atoms with E-state index in [4.69, 9.17) is 10.5 Å². The van der Waals surface area contributed by atoms with Crippen LogP contribution in [0, 0.1) is 5.82 Å². The maximum Gasteiger partial charge on any atom is 0.188 e. The second-order valence-corrected chi connectivity index (χ2v) is 7.41. The van der Waals surface area contributed by atoms with Crippen LogP contribution in [0.15, 0.2) is 29.3 Å². The predicted molar refractivity (Wildman–Crippen MR) is 103 cm³/mol. The molecule has 2 aliphatic heterocycles. The van der Waals surface area contributed by atoms with Gasteiger partial charge in [0.2, 0.25) is 0 Å². The van der Waals surface area contributed by atoms with Crippen LogP contribution >= 0.6 is 0 Å². The van der Waals surface area contributed by atoms with E-state index < -0.39 is 0 Å². The van der Waals surface area contributed by atoms with E-state index in [1.165, 1.54) is 31.5 Å². The summed E-state index contributed by atoms with van der Waals surface area (Å²) in [6.07, 6.45) is 4.22. The molecule has 0 spiro atoms. The molecule has 0 aliphatic carbocycles. The van der Waals surface area contributed by atoms with Crippen molar-refractivity contribution in [1.29, 1.82) is 0 Å². The first-order valence-electron chi connectivity index (χ1n) is 9.74. The zero-order valence-electron chi connectivity index (χ0n) is 15.7. The SMILES string of the molecule is CCN1CCCC1CNC(N)=NCC1(c2ccc(F)cc2)CCOCC1. The second-order valence-electron chi connectivity index (χ2n) is 7.41. The van der Waals surface area contributed by atoms with Gasteiger partial charge in [0, 0.05) is 31.2 Å². The molecule has 1 atom stereocenters. The van der Waals surface area contributed by atoms with E-state index in [9.17, 15) is 4.39 Å². The van der Waals surface area contributed by atoms with E-state index in [0.29, 0.717) is 31.8 Å². The number of rotatable bonds is 6. The standard InChI is InChI=1S/C20H31FN4O/c1-2-25-11-3-4-18(25)14-23-19(22)24-15-20(9-12-26-13-10-20)16-5-7-17(21)8-6-16/h5-8,18H,2-4,9-15H2,1H3,(H3,22,23,24). The molecule has 0 aromatic heterocycles. The molecule has 1 unspecified atom stereocenters. The van der Waals surface area contributed by atoms with Crippen LogP contribution in [-0.4, -0.2) is 56.3 Å². The van der Waals surface area contributed by atoms with Crippen LogP contribution < -0.4 is 11.1 Å². The summed E-state index contributed by atoms with van der Waals surface area (Å²) in [6.45, 7) is 7.30. The van der Waals surface area contributed by atoms with E-state index in [1.807, 2.05) is 12.1 Å². The van der Waals surface area contributed by atoms with Crippen molar-refractivity contribution in [3.8, 4) is 0 Å². The van der Waals surface area contributed by atoms with Gasteiger partial charge in [0.15, 0.2) is 5.96 Å². The summed E-state index contributed by atoms with van der Waals surface area (Å²) in [5.74, 6) is 0.290. The van der Waals surface area contributed by atoms with Gasteiger partial charge in [-0.25, -0.2) is 4.39 Å². The van der Waals surface area contributed by atoms with E-state index in [1.54, 1.807) is 0 Å². The Balaban J connectivity index is 1.63. The molecule has 0 amide bonds. The fourth-order valence-corrected chi connectivity index (χ4v) is 4.16. The van der Waals surface area contributed by atoms with Gasteiger partial charge in [-0.3, -0.25) is 9.89 Å². The molecule has 0 radical (unpaired) electrons. The lowest BCUT2D eigenvalue weighted by molar-refractivity contribution is 0.0531. The average Bonchev–Trinajstić information content (AvgIpc) is 3.13. The van der Waals surface area contributed by atoms with Gasteiger partial charge in [0.25, 0.3) is 0 Å².